The normalized spacial score (nSPS) is 22.8. The van der Waals surface area contributed by atoms with Gasteiger partial charge < -0.3 is 14.9 Å². The number of hydrogen-bond acceptors (Lipinski definition) is 3. The van der Waals surface area contributed by atoms with E-state index in [0.717, 1.165) is 49.6 Å². The number of aliphatic hydroxyl groups excluding tert-OH is 1. The smallest absolute Gasteiger partial charge is 0.229 e. The largest absolute Gasteiger partial charge is 0.387 e. The van der Waals surface area contributed by atoms with Crippen molar-refractivity contribution in [3.8, 4) is 0 Å². The van der Waals surface area contributed by atoms with E-state index in [-0.39, 0.29) is 11.8 Å². The van der Waals surface area contributed by atoms with Gasteiger partial charge in [-0.05, 0) is 55.3 Å². The van der Waals surface area contributed by atoms with Crippen LogP contribution < -0.4 is 4.90 Å². The number of anilines is 1. The summed E-state index contributed by atoms with van der Waals surface area (Å²) in [5.74, 6) is 0.925. The van der Waals surface area contributed by atoms with Gasteiger partial charge in [-0.25, -0.2) is 0 Å². The Balaban J connectivity index is 1.73. The van der Waals surface area contributed by atoms with Crippen molar-refractivity contribution in [2.75, 3.05) is 31.1 Å². The summed E-state index contributed by atoms with van der Waals surface area (Å²) in [4.78, 5) is 16.7. The van der Waals surface area contributed by atoms with Gasteiger partial charge in [0.15, 0.2) is 0 Å². The van der Waals surface area contributed by atoms with Crippen molar-refractivity contribution < 1.29 is 9.90 Å². The van der Waals surface area contributed by atoms with E-state index in [9.17, 15) is 9.90 Å². The van der Waals surface area contributed by atoms with Crippen LogP contribution in [0.15, 0.2) is 18.2 Å². The van der Waals surface area contributed by atoms with Crippen LogP contribution in [0.5, 0.6) is 0 Å². The van der Waals surface area contributed by atoms with Gasteiger partial charge in [-0.2, -0.15) is 0 Å². The quantitative estimate of drug-likeness (QED) is 0.910. The molecular formula is C21H32N2O2. The molecule has 1 N–H and O–H groups in total. The number of piperidine rings is 1. The molecule has 2 aliphatic heterocycles. The minimum absolute atomic E-state index is 0.0114. The fraction of sp³-hybridized carbons (Fsp3) is 0.667. The first-order chi connectivity index (χ1) is 12.0. The van der Waals surface area contributed by atoms with Crippen LogP contribution in [0.2, 0.25) is 0 Å². The second kappa shape index (κ2) is 7.88. The Kier molecular flexibility index (Phi) is 5.80. The molecule has 2 aliphatic rings. The van der Waals surface area contributed by atoms with Crippen molar-refractivity contribution in [2.45, 2.75) is 52.6 Å². The number of aliphatic hydroxyl groups is 1. The third-order valence-corrected chi connectivity index (χ3v) is 5.54. The van der Waals surface area contributed by atoms with Gasteiger partial charge in [-0.3, -0.25) is 4.79 Å². The molecular weight excluding hydrogens is 312 g/mol. The number of β-amino-alcohol motifs (C(OH)–C–C–N with tert-alkyl or cyclic N) is 1. The third kappa shape index (κ3) is 4.24. The highest BCUT2D eigenvalue weighted by Gasteiger charge is 2.26. The van der Waals surface area contributed by atoms with Crippen molar-refractivity contribution in [1.29, 1.82) is 0 Å². The number of fused-ring (bicyclic) bond motifs is 1. The van der Waals surface area contributed by atoms with Gasteiger partial charge in [0.05, 0.1) is 6.10 Å². The lowest BCUT2D eigenvalue weighted by Gasteiger charge is -2.33. The van der Waals surface area contributed by atoms with Gasteiger partial charge in [0.25, 0.3) is 0 Å². The van der Waals surface area contributed by atoms with Gasteiger partial charge in [0, 0.05) is 31.2 Å². The number of amides is 1. The molecule has 4 nitrogen and oxygen atoms in total. The van der Waals surface area contributed by atoms with Gasteiger partial charge >= 0.3 is 0 Å². The molecule has 3 rings (SSSR count). The maximum absolute atomic E-state index is 12.4. The Bertz CT molecular complexity index is 614. The second-order valence-electron chi connectivity index (χ2n) is 8.16. The molecule has 0 spiro atoms. The Morgan fingerprint density at radius 3 is 2.80 bits per heavy atom. The lowest BCUT2D eigenvalue weighted by molar-refractivity contribution is -0.121. The minimum Gasteiger partial charge on any atom is -0.387 e. The summed E-state index contributed by atoms with van der Waals surface area (Å²) in [5, 5.41) is 10.7. The molecule has 1 saturated heterocycles. The summed E-state index contributed by atoms with van der Waals surface area (Å²) in [5.41, 5.74) is 3.21. The monoisotopic (exact) mass is 344 g/mol. The Morgan fingerprint density at radius 1 is 1.28 bits per heavy atom. The molecule has 0 unspecified atom stereocenters. The van der Waals surface area contributed by atoms with E-state index in [1.807, 2.05) is 30.9 Å². The number of aryl methyl sites for hydroxylation is 1. The molecule has 1 amide bonds. The van der Waals surface area contributed by atoms with Crippen molar-refractivity contribution in [3.63, 3.8) is 0 Å². The van der Waals surface area contributed by atoms with E-state index in [2.05, 4.69) is 17.9 Å². The fourth-order valence-corrected chi connectivity index (χ4v) is 4.17. The summed E-state index contributed by atoms with van der Waals surface area (Å²) in [6, 6.07) is 6.15. The number of nitrogens with zero attached hydrogens (tertiary/aromatic N) is 2. The Morgan fingerprint density at radius 2 is 2.08 bits per heavy atom. The molecule has 1 aromatic carbocycles. The summed E-state index contributed by atoms with van der Waals surface area (Å²) in [6.45, 7) is 9.87. The molecule has 25 heavy (non-hydrogen) atoms. The predicted molar refractivity (Wildman–Crippen MR) is 102 cm³/mol. The summed E-state index contributed by atoms with van der Waals surface area (Å²) >= 11 is 0. The standard InChI is InChI=1S/C21H32N2O2/c1-15(2)21(25)23-11-5-7-17-12-18(8-9-19(17)23)20(24)14-22-10-4-6-16(3)13-22/h8-9,12,15-16,20,24H,4-7,10-11,13-14H2,1-3H3/t16-,20-/m1/s1. The Labute approximate surface area is 151 Å². The molecule has 138 valence electrons. The lowest BCUT2D eigenvalue weighted by atomic mass is 9.95. The molecule has 0 bridgehead atoms. The van der Waals surface area contributed by atoms with E-state index in [4.69, 9.17) is 0 Å². The van der Waals surface area contributed by atoms with E-state index in [1.54, 1.807) is 0 Å². The number of hydrogen-bond donors (Lipinski definition) is 1. The van der Waals surface area contributed by atoms with E-state index < -0.39 is 6.10 Å². The average Bonchev–Trinajstić information content (AvgIpc) is 2.60. The van der Waals surface area contributed by atoms with Crippen LogP contribution in [0.1, 0.15) is 57.3 Å². The lowest BCUT2D eigenvalue weighted by Crippen LogP contribution is -2.38. The van der Waals surface area contributed by atoms with Gasteiger partial charge in [-0.1, -0.05) is 32.9 Å². The highest BCUT2D eigenvalue weighted by molar-refractivity contribution is 5.95. The Hall–Kier alpha value is -1.39. The molecule has 0 saturated carbocycles. The second-order valence-corrected chi connectivity index (χ2v) is 8.16. The molecule has 1 fully saturated rings. The van der Waals surface area contributed by atoms with Crippen LogP contribution in [0.3, 0.4) is 0 Å². The van der Waals surface area contributed by atoms with Crippen LogP contribution in [0, 0.1) is 11.8 Å². The zero-order valence-electron chi connectivity index (χ0n) is 15.9. The molecule has 2 atom stereocenters. The number of likely N-dealkylation sites (tertiary alicyclic amines) is 1. The topological polar surface area (TPSA) is 43.8 Å². The van der Waals surface area contributed by atoms with Crippen LogP contribution in [-0.2, 0) is 11.2 Å². The predicted octanol–water partition coefficient (Wildman–Crippen LogP) is 3.39. The molecule has 0 radical (unpaired) electrons. The minimum atomic E-state index is -0.452. The fourth-order valence-electron chi connectivity index (χ4n) is 4.17. The van der Waals surface area contributed by atoms with Crippen molar-refractivity contribution in [3.05, 3.63) is 29.3 Å². The first kappa shape index (κ1) is 18.4. The molecule has 0 aliphatic carbocycles. The summed E-state index contributed by atoms with van der Waals surface area (Å²) < 4.78 is 0. The van der Waals surface area contributed by atoms with E-state index in [1.165, 1.54) is 18.4 Å². The van der Waals surface area contributed by atoms with Gasteiger partial charge in [0.2, 0.25) is 5.91 Å². The number of rotatable bonds is 4. The van der Waals surface area contributed by atoms with E-state index in [0.29, 0.717) is 6.54 Å². The number of benzene rings is 1. The SMILES string of the molecule is CC(C)C(=O)N1CCCc2cc([C@H](O)CN3CCC[C@@H](C)C3)ccc21. The first-order valence-electron chi connectivity index (χ1n) is 9.80. The van der Waals surface area contributed by atoms with Crippen molar-refractivity contribution in [2.24, 2.45) is 11.8 Å². The molecule has 1 aromatic rings. The zero-order chi connectivity index (χ0) is 18.0. The third-order valence-electron chi connectivity index (χ3n) is 5.54. The van der Waals surface area contributed by atoms with Gasteiger partial charge in [-0.15, -0.1) is 0 Å². The zero-order valence-corrected chi connectivity index (χ0v) is 15.9. The number of carbonyl (C=O) groups excluding carboxylic acids is 1. The maximum Gasteiger partial charge on any atom is 0.229 e. The first-order valence-corrected chi connectivity index (χ1v) is 9.80. The van der Waals surface area contributed by atoms with Crippen LogP contribution in [-0.4, -0.2) is 42.1 Å². The van der Waals surface area contributed by atoms with E-state index >= 15 is 0 Å². The highest BCUT2D eigenvalue weighted by atomic mass is 16.3. The van der Waals surface area contributed by atoms with Gasteiger partial charge in [0.1, 0.15) is 0 Å². The van der Waals surface area contributed by atoms with Crippen LogP contribution in [0.4, 0.5) is 5.69 Å². The molecule has 2 heterocycles. The average molecular weight is 344 g/mol. The van der Waals surface area contributed by atoms with Crippen molar-refractivity contribution >= 4 is 11.6 Å². The van der Waals surface area contributed by atoms with Crippen LogP contribution in [0.25, 0.3) is 0 Å². The number of carbonyl (C=O) groups is 1. The summed E-state index contributed by atoms with van der Waals surface area (Å²) in [7, 11) is 0. The maximum atomic E-state index is 12.4. The highest BCUT2D eigenvalue weighted by Crippen LogP contribution is 2.31. The van der Waals surface area contributed by atoms with Crippen molar-refractivity contribution in [1.82, 2.24) is 4.90 Å². The molecule has 4 heteroatoms. The van der Waals surface area contributed by atoms with Crippen LogP contribution >= 0.6 is 0 Å². The summed E-state index contributed by atoms with van der Waals surface area (Å²) in [6.07, 6.45) is 4.05. The molecule has 0 aromatic heterocycles.